The van der Waals surface area contributed by atoms with Crippen molar-refractivity contribution in [2.45, 2.75) is 36.3 Å². The Hall–Kier alpha value is -7.90. The summed E-state index contributed by atoms with van der Waals surface area (Å²) in [6.07, 6.45) is 8.69. The van der Waals surface area contributed by atoms with Crippen LogP contribution in [0.15, 0.2) is 182 Å². The first-order chi connectivity index (χ1) is 33.8. The van der Waals surface area contributed by atoms with Crippen molar-refractivity contribution in [3.8, 4) is 33.8 Å². The lowest BCUT2D eigenvalue weighted by Crippen LogP contribution is -2.37. The van der Waals surface area contributed by atoms with Crippen molar-refractivity contribution >= 4 is 45.1 Å². The van der Waals surface area contributed by atoms with Gasteiger partial charge >= 0.3 is 0 Å². The molecule has 9 aromatic carbocycles. The van der Waals surface area contributed by atoms with Gasteiger partial charge in [-0.05, 0) is 94.4 Å². The number of anilines is 2. The number of rotatable bonds is 6. The fourth-order valence-corrected chi connectivity index (χ4v) is 12.2. The third-order valence-corrected chi connectivity index (χ3v) is 15.7. The summed E-state index contributed by atoms with van der Waals surface area (Å²) in [7, 11) is 8.20. The van der Waals surface area contributed by atoms with Gasteiger partial charge in [0.05, 0.1) is 0 Å². The van der Waals surface area contributed by atoms with E-state index in [1.807, 2.05) is 50.2 Å². The molecule has 13 rings (SSSR count). The molecule has 0 spiro atoms. The van der Waals surface area contributed by atoms with Gasteiger partial charge in [0.25, 0.3) is 0 Å². The number of hydrogen-bond acceptors (Lipinski definition) is 6. The van der Waals surface area contributed by atoms with Crippen LogP contribution in [0.25, 0.3) is 56.0 Å². The largest absolute Gasteiger partial charge is 0.472 e. The van der Waals surface area contributed by atoms with Crippen LogP contribution in [-0.4, -0.2) is 38.4 Å². The quantitative estimate of drug-likeness (QED) is 0.173. The third-order valence-electron chi connectivity index (χ3n) is 15.7. The molecule has 0 bridgehead atoms. The number of benzene rings is 9. The molecular formula is C64H52N2O4. The standard InChI is InChI=1S/C64H52N2O4/c1-61(67)53-21-13-11-19-49(53)55-45-15-7-9-17-47(45)59-51(57(55)61)35-37-63(69-59,41-27-31-43(32-28-41)65(3)4)39-23-25-40(26-24-39)64(42-29-33-44(34-30-42)66(5)6)38-36-52-58-56(46-16-8-10-18-48(46)60(52)70-64)50-20-12-14-22-54(50)62(58,2)68/h7-38,67-68H,1-6H3. The van der Waals surface area contributed by atoms with E-state index in [2.05, 4.69) is 196 Å². The van der Waals surface area contributed by atoms with E-state index >= 15 is 0 Å². The van der Waals surface area contributed by atoms with Crippen molar-refractivity contribution in [1.82, 2.24) is 0 Å². The summed E-state index contributed by atoms with van der Waals surface area (Å²) in [5.74, 6) is 1.46. The van der Waals surface area contributed by atoms with Crippen LogP contribution in [0, 0.1) is 0 Å². The van der Waals surface area contributed by atoms with Crippen LogP contribution in [0.1, 0.15) is 69.5 Å². The lowest BCUT2D eigenvalue weighted by molar-refractivity contribution is 0.105. The van der Waals surface area contributed by atoms with E-state index in [9.17, 15) is 10.2 Å². The number of hydrogen-bond donors (Lipinski definition) is 2. The molecule has 0 saturated carbocycles. The first kappa shape index (κ1) is 42.2. The van der Waals surface area contributed by atoms with Crippen molar-refractivity contribution in [2.75, 3.05) is 38.0 Å². The molecule has 0 aromatic heterocycles. The fourth-order valence-electron chi connectivity index (χ4n) is 12.2. The summed E-state index contributed by atoms with van der Waals surface area (Å²) < 4.78 is 15.3. The van der Waals surface area contributed by atoms with Crippen molar-refractivity contribution in [1.29, 1.82) is 0 Å². The summed E-state index contributed by atoms with van der Waals surface area (Å²) in [4.78, 5) is 4.21. The van der Waals surface area contributed by atoms with Crippen LogP contribution in [0.3, 0.4) is 0 Å². The monoisotopic (exact) mass is 912 g/mol. The van der Waals surface area contributed by atoms with Gasteiger partial charge in [0, 0.05) is 94.8 Å². The van der Waals surface area contributed by atoms with E-state index in [0.29, 0.717) is 0 Å². The van der Waals surface area contributed by atoms with Gasteiger partial charge in [0.2, 0.25) is 0 Å². The first-order valence-electron chi connectivity index (χ1n) is 24.1. The highest BCUT2D eigenvalue weighted by atomic mass is 16.5. The molecular weight excluding hydrogens is 861 g/mol. The minimum Gasteiger partial charge on any atom is -0.472 e. The van der Waals surface area contributed by atoms with E-state index < -0.39 is 22.4 Å². The summed E-state index contributed by atoms with van der Waals surface area (Å²) >= 11 is 0. The molecule has 0 amide bonds. The second-order valence-electron chi connectivity index (χ2n) is 20.1. The number of ether oxygens (including phenoxy) is 2. The van der Waals surface area contributed by atoms with Crippen LogP contribution in [0.2, 0.25) is 0 Å². The van der Waals surface area contributed by atoms with Gasteiger partial charge in [-0.3, -0.25) is 0 Å². The van der Waals surface area contributed by atoms with Gasteiger partial charge in [0.15, 0.2) is 11.2 Å². The molecule has 2 heterocycles. The number of nitrogens with zero attached hydrogens (tertiary/aromatic N) is 2. The SMILES string of the molecule is CN(C)c1ccc(C2(c3ccc(C4(c5ccc(N(C)C)cc5)C=Cc5c6c(c7ccccc7c5O4)-c4ccccc4C6(C)O)cc3)C=Cc3c4c(c5ccccc5c3O2)-c2ccccc2C4(C)O)cc1. The topological polar surface area (TPSA) is 65.4 Å². The molecule has 0 fully saturated rings. The van der Waals surface area contributed by atoms with Crippen molar-refractivity contribution in [3.05, 3.63) is 238 Å². The molecule has 342 valence electrons. The lowest BCUT2D eigenvalue weighted by atomic mass is 9.78. The number of fused-ring (bicyclic) bond motifs is 16. The van der Waals surface area contributed by atoms with Gasteiger partial charge in [-0.25, -0.2) is 0 Å². The highest BCUT2D eigenvalue weighted by Gasteiger charge is 2.48. The van der Waals surface area contributed by atoms with E-state index in [0.717, 1.165) is 122 Å². The van der Waals surface area contributed by atoms with E-state index in [4.69, 9.17) is 9.47 Å². The molecule has 2 aliphatic carbocycles. The molecule has 6 heteroatoms. The lowest BCUT2D eigenvalue weighted by Gasteiger charge is -2.40. The molecule has 2 aliphatic heterocycles. The molecule has 4 aliphatic rings. The molecule has 4 atom stereocenters. The fraction of sp³-hybridized carbons (Fsp3) is 0.156. The second-order valence-corrected chi connectivity index (χ2v) is 20.1. The maximum Gasteiger partial charge on any atom is 0.178 e. The number of aliphatic hydroxyl groups is 2. The van der Waals surface area contributed by atoms with Gasteiger partial charge in [-0.1, -0.05) is 158 Å². The Morgan fingerprint density at radius 3 is 1.06 bits per heavy atom. The molecule has 6 nitrogen and oxygen atoms in total. The van der Waals surface area contributed by atoms with E-state index in [1.54, 1.807) is 0 Å². The molecule has 2 N–H and O–H groups in total. The maximum atomic E-state index is 12.5. The van der Waals surface area contributed by atoms with Gasteiger partial charge in [-0.2, -0.15) is 0 Å². The van der Waals surface area contributed by atoms with Crippen molar-refractivity contribution in [3.63, 3.8) is 0 Å². The zero-order valence-corrected chi connectivity index (χ0v) is 40.1. The minimum absolute atomic E-state index is 0.732. The third kappa shape index (κ3) is 5.69. The van der Waals surface area contributed by atoms with E-state index in [-0.39, 0.29) is 0 Å². The summed E-state index contributed by atoms with van der Waals surface area (Å²) in [5, 5.41) is 29.0. The molecule has 9 aromatic rings. The van der Waals surface area contributed by atoms with Gasteiger partial charge in [-0.15, -0.1) is 0 Å². The molecule has 70 heavy (non-hydrogen) atoms. The summed E-state index contributed by atoms with van der Waals surface area (Å²) in [6, 6.07) is 59.1. The Morgan fingerprint density at radius 1 is 0.386 bits per heavy atom. The first-order valence-corrected chi connectivity index (χ1v) is 24.1. The van der Waals surface area contributed by atoms with Crippen LogP contribution >= 0.6 is 0 Å². The zero-order valence-electron chi connectivity index (χ0n) is 40.1. The predicted octanol–water partition coefficient (Wildman–Crippen LogP) is 13.3. The maximum absolute atomic E-state index is 12.5. The highest BCUT2D eigenvalue weighted by Crippen LogP contribution is 2.59. The van der Waals surface area contributed by atoms with Gasteiger partial charge in [0.1, 0.15) is 22.7 Å². The minimum atomic E-state index is -1.24. The Kier molecular flexibility index (Phi) is 8.93. The average molecular weight is 913 g/mol. The van der Waals surface area contributed by atoms with Crippen LogP contribution in [-0.2, 0) is 22.4 Å². The summed E-state index contributed by atoms with van der Waals surface area (Å²) in [5.41, 5.74) is 10.8. The van der Waals surface area contributed by atoms with Crippen LogP contribution < -0.4 is 19.3 Å². The molecule has 4 unspecified atom stereocenters. The van der Waals surface area contributed by atoms with E-state index in [1.165, 1.54) is 0 Å². The molecule has 0 saturated heterocycles. The Morgan fingerprint density at radius 2 is 0.700 bits per heavy atom. The summed E-state index contributed by atoms with van der Waals surface area (Å²) in [6.45, 7) is 3.81. The van der Waals surface area contributed by atoms with Crippen molar-refractivity contribution in [2.24, 2.45) is 0 Å². The predicted molar refractivity (Wildman–Crippen MR) is 285 cm³/mol. The van der Waals surface area contributed by atoms with Crippen LogP contribution in [0.4, 0.5) is 11.4 Å². The smallest absolute Gasteiger partial charge is 0.178 e. The average Bonchev–Trinajstić information content (AvgIpc) is 3.79. The second kappa shape index (κ2) is 14.8. The van der Waals surface area contributed by atoms with Crippen molar-refractivity contribution < 1.29 is 19.7 Å². The Balaban J connectivity index is 1.00. The molecule has 0 radical (unpaired) electrons. The van der Waals surface area contributed by atoms with Gasteiger partial charge < -0.3 is 29.5 Å². The highest BCUT2D eigenvalue weighted by molar-refractivity contribution is 6.09. The Labute approximate surface area is 408 Å². The van der Waals surface area contributed by atoms with Crippen LogP contribution in [0.5, 0.6) is 11.5 Å². The normalized spacial score (nSPS) is 22.1. The Bertz CT molecular complexity index is 3470. The zero-order chi connectivity index (χ0) is 47.9.